The van der Waals surface area contributed by atoms with Crippen LogP contribution in [0.15, 0.2) is 30.3 Å². The number of amides is 3. The zero-order chi connectivity index (χ0) is 25.6. The maximum Gasteiger partial charge on any atom is 0.410 e. The van der Waals surface area contributed by atoms with Gasteiger partial charge in [-0.15, -0.1) is 0 Å². The molecule has 0 aromatic heterocycles. The van der Waals surface area contributed by atoms with Gasteiger partial charge in [0.2, 0.25) is 11.8 Å². The number of carbonyl (C=O) groups excluding carboxylic acids is 3. The molecule has 0 saturated carbocycles. The van der Waals surface area contributed by atoms with Crippen LogP contribution < -0.4 is 4.74 Å². The van der Waals surface area contributed by atoms with Gasteiger partial charge in [-0.3, -0.25) is 9.59 Å². The molecular formula is C26H40N4O5. The molecule has 2 aliphatic heterocycles. The van der Waals surface area contributed by atoms with Gasteiger partial charge in [0.25, 0.3) is 0 Å². The summed E-state index contributed by atoms with van der Waals surface area (Å²) >= 11 is 0. The van der Waals surface area contributed by atoms with Crippen LogP contribution in [0.3, 0.4) is 0 Å². The van der Waals surface area contributed by atoms with Crippen LogP contribution in [0.25, 0.3) is 0 Å². The third-order valence-corrected chi connectivity index (χ3v) is 6.42. The van der Waals surface area contributed by atoms with Crippen LogP contribution in [-0.2, 0) is 14.3 Å². The van der Waals surface area contributed by atoms with Gasteiger partial charge in [0.1, 0.15) is 24.0 Å². The molecule has 0 unspecified atom stereocenters. The molecule has 9 heteroatoms. The van der Waals surface area contributed by atoms with Crippen LogP contribution in [0.5, 0.6) is 5.75 Å². The van der Waals surface area contributed by atoms with Crippen molar-refractivity contribution in [2.45, 2.75) is 45.3 Å². The Morgan fingerprint density at radius 1 is 0.971 bits per heavy atom. The molecule has 2 heterocycles. The molecule has 0 bridgehead atoms. The molecule has 0 N–H and O–H groups in total. The maximum absolute atomic E-state index is 13.1. The number of ether oxygens (including phenoxy) is 2. The minimum atomic E-state index is -0.629. The number of likely N-dealkylation sites (tertiary alicyclic amines) is 1. The van der Waals surface area contributed by atoms with E-state index in [-0.39, 0.29) is 30.4 Å². The van der Waals surface area contributed by atoms with Gasteiger partial charge in [0.05, 0.1) is 0 Å². The number of hydrogen-bond donors (Lipinski definition) is 0. The first-order valence-corrected chi connectivity index (χ1v) is 12.4. The molecule has 2 atom stereocenters. The normalized spacial score (nSPS) is 21.4. The summed E-state index contributed by atoms with van der Waals surface area (Å²) in [5.41, 5.74) is -0.629. The van der Waals surface area contributed by atoms with Crippen LogP contribution in [0.4, 0.5) is 4.79 Å². The van der Waals surface area contributed by atoms with Crippen molar-refractivity contribution in [3.8, 4) is 5.75 Å². The van der Waals surface area contributed by atoms with Gasteiger partial charge in [0.15, 0.2) is 0 Å². The molecule has 1 aromatic rings. The molecule has 2 saturated heterocycles. The SMILES string of the molecule is CN1CCN(C(=O)C[C@H]2CN(C(=O)CN(C)C(=O)OC(C)(C)C)CC[C@@H]2Oc2ccccc2)CC1. The van der Waals surface area contributed by atoms with Crippen molar-refractivity contribution in [1.82, 2.24) is 19.6 Å². The molecule has 194 valence electrons. The molecule has 9 nitrogen and oxygen atoms in total. The molecular weight excluding hydrogens is 448 g/mol. The number of piperidine rings is 1. The largest absolute Gasteiger partial charge is 0.490 e. The van der Waals surface area contributed by atoms with E-state index in [1.807, 2.05) is 35.2 Å². The van der Waals surface area contributed by atoms with Crippen LogP contribution in [0, 0.1) is 5.92 Å². The topological polar surface area (TPSA) is 82.6 Å². The summed E-state index contributed by atoms with van der Waals surface area (Å²) < 4.78 is 11.6. The second-order valence-corrected chi connectivity index (χ2v) is 10.6. The highest BCUT2D eigenvalue weighted by Gasteiger charge is 2.36. The third kappa shape index (κ3) is 8.13. The first-order valence-electron chi connectivity index (χ1n) is 12.4. The van der Waals surface area contributed by atoms with Crippen LogP contribution in [0.2, 0.25) is 0 Å². The van der Waals surface area contributed by atoms with E-state index in [1.54, 1.807) is 32.7 Å². The van der Waals surface area contributed by atoms with Gasteiger partial charge >= 0.3 is 6.09 Å². The number of likely N-dealkylation sites (N-methyl/N-ethyl adjacent to an activating group) is 2. The number of para-hydroxylation sites is 1. The fourth-order valence-electron chi connectivity index (χ4n) is 4.38. The predicted octanol–water partition coefficient (Wildman–Crippen LogP) is 2.31. The highest BCUT2D eigenvalue weighted by atomic mass is 16.6. The third-order valence-electron chi connectivity index (χ3n) is 6.42. The molecule has 2 fully saturated rings. The minimum absolute atomic E-state index is 0.0712. The van der Waals surface area contributed by atoms with Crippen LogP contribution in [-0.4, -0.2) is 109 Å². The Kier molecular flexibility index (Phi) is 8.99. The van der Waals surface area contributed by atoms with E-state index in [0.717, 1.165) is 31.9 Å². The molecule has 0 radical (unpaired) electrons. The van der Waals surface area contributed by atoms with E-state index >= 15 is 0 Å². The molecule has 1 aromatic carbocycles. The zero-order valence-electron chi connectivity index (χ0n) is 21.7. The highest BCUT2D eigenvalue weighted by Crippen LogP contribution is 2.27. The van der Waals surface area contributed by atoms with E-state index < -0.39 is 11.7 Å². The Bertz CT molecular complexity index is 864. The molecule has 2 aliphatic rings. The van der Waals surface area contributed by atoms with Crippen LogP contribution in [0.1, 0.15) is 33.6 Å². The van der Waals surface area contributed by atoms with Gasteiger partial charge in [-0.1, -0.05) is 18.2 Å². The number of nitrogens with zero attached hydrogens (tertiary/aromatic N) is 4. The summed E-state index contributed by atoms with van der Waals surface area (Å²) in [6.07, 6.45) is 0.251. The lowest BCUT2D eigenvalue weighted by molar-refractivity contribution is -0.140. The Labute approximate surface area is 208 Å². The van der Waals surface area contributed by atoms with Gasteiger partial charge in [-0.2, -0.15) is 0 Å². The lowest BCUT2D eigenvalue weighted by Gasteiger charge is -2.40. The summed E-state index contributed by atoms with van der Waals surface area (Å²) in [4.78, 5) is 45.6. The summed E-state index contributed by atoms with van der Waals surface area (Å²) in [5, 5.41) is 0. The number of rotatable bonds is 6. The Morgan fingerprint density at radius 3 is 2.26 bits per heavy atom. The summed E-state index contributed by atoms with van der Waals surface area (Å²) in [6.45, 7) is 9.39. The summed E-state index contributed by atoms with van der Waals surface area (Å²) in [7, 11) is 3.62. The average Bonchev–Trinajstić information content (AvgIpc) is 2.80. The van der Waals surface area contributed by atoms with E-state index in [0.29, 0.717) is 25.9 Å². The van der Waals surface area contributed by atoms with Crippen molar-refractivity contribution in [2.24, 2.45) is 5.92 Å². The Morgan fingerprint density at radius 2 is 1.63 bits per heavy atom. The molecule has 0 spiro atoms. The van der Waals surface area contributed by atoms with Gasteiger partial charge in [0, 0.05) is 65.1 Å². The number of carbonyl (C=O) groups is 3. The van der Waals surface area contributed by atoms with Crippen molar-refractivity contribution < 1.29 is 23.9 Å². The van der Waals surface area contributed by atoms with Crippen molar-refractivity contribution in [1.29, 1.82) is 0 Å². The standard InChI is InChI=1S/C26H40N4O5/c1-26(2,3)35-25(33)28(5)19-24(32)30-12-11-22(34-21-9-7-6-8-10-21)20(18-30)17-23(31)29-15-13-27(4)14-16-29/h6-10,20,22H,11-19H2,1-5H3/t20-,22-/m0/s1. The van der Waals surface area contributed by atoms with E-state index in [1.165, 1.54) is 4.90 Å². The average molecular weight is 489 g/mol. The second kappa shape index (κ2) is 11.7. The maximum atomic E-state index is 13.1. The second-order valence-electron chi connectivity index (χ2n) is 10.6. The highest BCUT2D eigenvalue weighted by molar-refractivity contribution is 5.82. The molecule has 35 heavy (non-hydrogen) atoms. The van der Waals surface area contributed by atoms with Gasteiger partial charge < -0.3 is 29.1 Å². The van der Waals surface area contributed by atoms with Crippen molar-refractivity contribution in [3.63, 3.8) is 0 Å². The number of piperazine rings is 1. The van der Waals surface area contributed by atoms with Crippen LogP contribution >= 0.6 is 0 Å². The van der Waals surface area contributed by atoms with Gasteiger partial charge in [-0.05, 0) is 40.0 Å². The summed E-state index contributed by atoms with van der Waals surface area (Å²) in [6, 6.07) is 9.60. The Balaban J connectivity index is 1.64. The predicted molar refractivity (Wildman–Crippen MR) is 133 cm³/mol. The Hall–Kier alpha value is -2.81. The quantitative estimate of drug-likeness (QED) is 0.611. The molecule has 0 aliphatic carbocycles. The first-order chi connectivity index (χ1) is 16.5. The zero-order valence-corrected chi connectivity index (χ0v) is 21.7. The first kappa shape index (κ1) is 26.8. The lowest BCUT2D eigenvalue weighted by Crippen LogP contribution is -2.53. The van der Waals surface area contributed by atoms with E-state index in [2.05, 4.69) is 11.9 Å². The smallest absolute Gasteiger partial charge is 0.410 e. The van der Waals surface area contributed by atoms with Crippen molar-refractivity contribution >= 4 is 17.9 Å². The van der Waals surface area contributed by atoms with Crippen molar-refractivity contribution in [3.05, 3.63) is 30.3 Å². The molecule has 3 amide bonds. The lowest BCUT2D eigenvalue weighted by atomic mass is 9.90. The summed E-state index contributed by atoms with van der Waals surface area (Å²) in [5.74, 6) is 0.573. The number of hydrogen-bond acceptors (Lipinski definition) is 6. The number of benzene rings is 1. The fraction of sp³-hybridized carbons (Fsp3) is 0.654. The monoisotopic (exact) mass is 488 g/mol. The van der Waals surface area contributed by atoms with Gasteiger partial charge in [-0.25, -0.2) is 4.79 Å². The van der Waals surface area contributed by atoms with E-state index in [4.69, 9.17) is 9.47 Å². The fourth-order valence-corrected chi connectivity index (χ4v) is 4.38. The van der Waals surface area contributed by atoms with E-state index in [9.17, 15) is 14.4 Å². The minimum Gasteiger partial charge on any atom is -0.490 e. The molecule has 3 rings (SSSR count). The van der Waals surface area contributed by atoms with Crippen molar-refractivity contribution in [2.75, 3.05) is 59.9 Å².